The van der Waals surface area contributed by atoms with Gasteiger partial charge in [0, 0.05) is 29.4 Å². The summed E-state index contributed by atoms with van der Waals surface area (Å²) in [5.74, 6) is -0.486. The van der Waals surface area contributed by atoms with Crippen LogP contribution in [0, 0.1) is 10.1 Å². The molecule has 1 amide bonds. The number of nitro groups is 1. The molecule has 10 heteroatoms. The van der Waals surface area contributed by atoms with Crippen LogP contribution < -0.4 is 14.8 Å². The van der Waals surface area contributed by atoms with Crippen LogP contribution in [0.15, 0.2) is 77.7 Å². The van der Waals surface area contributed by atoms with Crippen LogP contribution in [0.4, 0.5) is 17.1 Å². The molecule has 2 N–H and O–H groups in total. The summed E-state index contributed by atoms with van der Waals surface area (Å²) >= 11 is 0. The Labute approximate surface area is 172 Å². The van der Waals surface area contributed by atoms with E-state index in [4.69, 9.17) is 4.74 Å². The van der Waals surface area contributed by atoms with Gasteiger partial charge < -0.3 is 10.1 Å². The van der Waals surface area contributed by atoms with Crippen LogP contribution in [0.5, 0.6) is 5.75 Å². The van der Waals surface area contributed by atoms with E-state index in [1.807, 2.05) is 0 Å². The number of non-ortho nitro benzene ring substituents is 1. The number of amides is 1. The average molecular weight is 427 g/mol. The first kappa shape index (κ1) is 20.8. The molecule has 0 fully saturated rings. The average Bonchev–Trinajstić information content (AvgIpc) is 2.74. The molecule has 9 nitrogen and oxygen atoms in total. The van der Waals surface area contributed by atoms with E-state index in [0.717, 1.165) is 6.07 Å². The molecule has 30 heavy (non-hydrogen) atoms. The Morgan fingerprint density at radius 2 is 1.73 bits per heavy atom. The maximum Gasteiger partial charge on any atom is 0.270 e. The van der Waals surface area contributed by atoms with Gasteiger partial charge in [0.2, 0.25) is 0 Å². The van der Waals surface area contributed by atoms with Crippen LogP contribution >= 0.6 is 0 Å². The fraction of sp³-hybridized carbons (Fsp3) is 0.0500. The van der Waals surface area contributed by atoms with Crippen LogP contribution in [-0.2, 0) is 10.0 Å². The van der Waals surface area contributed by atoms with Crippen LogP contribution in [0.2, 0.25) is 0 Å². The SMILES string of the molecule is COc1cc(S(=O)(=O)Nc2ccccc2)ccc1NC(=O)c1cccc([N+](=O)[O-])c1. The number of hydrogen-bond donors (Lipinski definition) is 2. The first-order valence-electron chi connectivity index (χ1n) is 8.62. The minimum Gasteiger partial charge on any atom is -0.495 e. The van der Waals surface area contributed by atoms with Gasteiger partial charge in [0.1, 0.15) is 5.75 Å². The second-order valence-electron chi connectivity index (χ2n) is 6.10. The van der Waals surface area contributed by atoms with Crippen LogP contribution in [0.1, 0.15) is 10.4 Å². The van der Waals surface area contributed by atoms with Crippen molar-refractivity contribution in [2.75, 3.05) is 17.1 Å². The van der Waals surface area contributed by atoms with E-state index >= 15 is 0 Å². The van der Waals surface area contributed by atoms with E-state index in [-0.39, 0.29) is 27.6 Å². The van der Waals surface area contributed by atoms with Gasteiger partial charge in [0.05, 0.1) is 22.6 Å². The molecule has 3 aromatic carbocycles. The Hall–Kier alpha value is -3.92. The number of nitro benzene ring substituents is 1. The highest BCUT2D eigenvalue weighted by Crippen LogP contribution is 2.29. The summed E-state index contributed by atoms with van der Waals surface area (Å²) in [5.41, 5.74) is 0.476. The largest absolute Gasteiger partial charge is 0.495 e. The van der Waals surface area contributed by atoms with Gasteiger partial charge in [-0.1, -0.05) is 24.3 Å². The molecule has 0 spiro atoms. The topological polar surface area (TPSA) is 128 Å². The lowest BCUT2D eigenvalue weighted by Gasteiger charge is -2.13. The molecular weight excluding hydrogens is 410 g/mol. The van der Waals surface area contributed by atoms with E-state index in [9.17, 15) is 23.3 Å². The van der Waals surface area contributed by atoms with E-state index in [2.05, 4.69) is 10.0 Å². The second-order valence-corrected chi connectivity index (χ2v) is 7.78. The minimum absolute atomic E-state index is 0.0587. The minimum atomic E-state index is -3.88. The van der Waals surface area contributed by atoms with E-state index in [1.54, 1.807) is 30.3 Å². The summed E-state index contributed by atoms with van der Waals surface area (Å²) in [7, 11) is -2.54. The summed E-state index contributed by atoms with van der Waals surface area (Å²) < 4.78 is 32.9. The summed E-state index contributed by atoms with van der Waals surface area (Å²) in [4.78, 5) is 22.7. The number of carbonyl (C=O) groups is 1. The van der Waals surface area contributed by atoms with Crippen molar-refractivity contribution in [2.45, 2.75) is 4.90 Å². The number of rotatable bonds is 7. The third-order valence-corrected chi connectivity index (χ3v) is 5.46. The van der Waals surface area contributed by atoms with Crippen molar-refractivity contribution in [3.8, 4) is 5.75 Å². The Balaban J connectivity index is 1.84. The van der Waals surface area contributed by atoms with Gasteiger partial charge in [0.15, 0.2) is 0 Å². The van der Waals surface area contributed by atoms with Gasteiger partial charge >= 0.3 is 0 Å². The summed E-state index contributed by atoms with van der Waals surface area (Å²) in [6, 6.07) is 17.6. The Morgan fingerprint density at radius 3 is 2.40 bits per heavy atom. The third kappa shape index (κ3) is 4.73. The highest BCUT2D eigenvalue weighted by molar-refractivity contribution is 7.92. The lowest BCUT2D eigenvalue weighted by Crippen LogP contribution is -2.15. The van der Waals surface area contributed by atoms with Crippen molar-refractivity contribution in [1.29, 1.82) is 0 Å². The predicted octanol–water partition coefficient (Wildman–Crippen LogP) is 3.66. The number of para-hydroxylation sites is 1. The van der Waals surface area contributed by atoms with Gasteiger partial charge in [0.25, 0.3) is 21.6 Å². The number of benzene rings is 3. The van der Waals surface area contributed by atoms with Crippen molar-refractivity contribution in [3.63, 3.8) is 0 Å². The molecule has 0 bridgehead atoms. The Kier molecular flexibility index (Phi) is 5.98. The molecule has 0 saturated heterocycles. The molecule has 0 aliphatic carbocycles. The smallest absolute Gasteiger partial charge is 0.270 e. The summed E-state index contributed by atoms with van der Waals surface area (Å²) in [5, 5.41) is 13.5. The molecule has 0 aliphatic heterocycles. The standard InChI is InChI=1S/C20H17N3O6S/c1-29-19-13-17(30(27,28)22-15-7-3-2-4-8-15)10-11-18(19)21-20(24)14-6-5-9-16(12-14)23(25)26/h2-13,22H,1H3,(H,21,24). The molecule has 0 unspecified atom stereocenters. The molecular formula is C20H17N3O6S. The zero-order valence-corrected chi connectivity index (χ0v) is 16.5. The maximum atomic E-state index is 12.6. The number of nitrogens with zero attached hydrogens (tertiary/aromatic N) is 1. The Bertz CT molecular complexity index is 1200. The molecule has 154 valence electrons. The zero-order valence-electron chi connectivity index (χ0n) is 15.7. The lowest BCUT2D eigenvalue weighted by atomic mass is 10.2. The van der Waals surface area contributed by atoms with E-state index < -0.39 is 20.9 Å². The van der Waals surface area contributed by atoms with Gasteiger partial charge in [-0.05, 0) is 30.3 Å². The second kappa shape index (κ2) is 8.62. The van der Waals surface area contributed by atoms with Crippen LogP contribution in [0.3, 0.4) is 0 Å². The number of hydrogen-bond acceptors (Lipinski definition) is 6. The van der Waals surface area contributed by atoms with E-state index in [0.29, 0.717) is 5.69 Å². The fourth-order valence-electron chi connectivity index (χ4n) is 2.62. The molecule has 0 saturated carbocycles. The van der Waals surface area contributed by atoms with Crippen molar-refractivity contribution in [2.24, 2.45) is 0 Å². The van der Waals surface area contributed by atoms with Gasteiger partial charge in [-0.15, -0.1) is 0 Å². The first-order chi connectivity index (χ1) is 14.3. The normalized spacial score (nSPS) is 10.8. The fourth-order valence-corrected chi connectivity index (χ4v) is 3.69. The maximum absolute atomic E-state index is 12.6. The molecule has 3 rings (SSSR count). The number of carbonyl (C=O) groups excluding carboxylic acids is 1. The number of methoxy groups -OCH3 is 1. The highest BCUT2D eigenvalue weighted by atomic mass is 32.2. The zero-order chi connectivity index (χ0) is 21.7. The highest BCUT2D eigenvalue weighted by Gasteiger charge is 2.19. The van der Waals surface area contributed by atoms with E-state index in [1.165, 1.54) is 43.5 Å². The number of nitrogens with one attached hydrogen (secondary N) is 2. The third-order valence-electron chi connectivity index (χ3n) is 4.08. The molecule has 0 heterocycles. The molecule has 0 aliphatic rings. The first-order valence-corrected chi connectivity index (χ1v) is 10.1. The number of anilines is 2. The monoisotopic (exact) mass is 427 g/mol. The lowest BCUT2D eigenvalue weighted by molar-refractivity contribution is -0.384. The molecule has 0 radical (unpaired) electrons. The van der Waals surface area contributed by atoms with Gasteiger partial charge in [-0.3, -0.25) is 19.6 Å². The molecule has 0 atom stereocenters. The van der Waals surface area contributed by atoms with Gasteiger partial charge in [-0.2, -0.15) is 0 Å². The number of sulfonamides is 1. The Morgan fingerprint density at radius 1 is 1.00 bits per heavy atom. The van der Waals surface area contributed by atoms with Gasteiger partial charge in [-0.25, -0.2) is 8.42 Å². The summed E-state index contributed by atoms with van der Waals surface area (Å²) in [6.07, 6.45) is 0. The molecule has 3 aromatic rings. The van der Waals surface area contributed by atoms with Crippen molar-refractivity contribution >= 4 is 33.0 Å². The van der Waals surface area contributed by atoms with Crippen LogP contribution in [0.25, 0.3) is 0 Å². The quantitative estimate of drug-likeness (QED) is 0.437. The van der Waals surface area contributed by atoms with Crippen molar-refractivity contribution in [3.05, 3.63) is 88.5 Å². The summed E-state index contributed by atoms with van der Waals surface area (Å²) in [6.45, 7) is 0. The molecule has 0 aromatic heterocycles. The van der Waals surface area contributed by atoms with Crippen molar-refractivity contribution < 1.29 is 22.9 Å². The number of ether oxygens (including phenoxy) is 1. The van der Waals surface area contributed by atoms with Crippen molar-refractivity contribution in [1.82, 2.24) is 0 Å². The van der Waals surface area contributed by atoms with Crippen LogP contribution in [-0.4, -0.2) is 26.4 Å². The predicted molar refractivity (Wildman–Crippen MR) is 111 cm³/mol.